The van der Waals surface area contributed by atoms with Crippen molar-refractivity contribution >= 4 is 0 Å². The van der Waals surface area contributed by atoms with E-state index in [1.54, 1.807) is 5.57 Å². The highest BCUT2D eigenvalue weighted by Crippen LogP contribution is 2.60. The number of hydrogen-bond donors (Lipinski definition) is 1. The third-order valence-electron chi connectivity index (χ3n) is 8.23. The summed E-state index contributed by atoms with van der Waals surface area (Å²) >= 11 is 0. The summed E-state index contributed by atoms with van der Waals surface area (Å²) in [4.78, 5) is 0. The zero-order valence-electron chi connectivity index (χ0n) is 16.3. The average molecular weight is 349 g/mol. The van der Waals surface area contributed by atoms with E-state index in [0.29, 0.717) is 17.3 Å². The van der Waals surface area contributed by atoms with Crippen molar-refractivity contribution in [3.63, 3.8) is 0 Å². The monoisotopic (exact) mass is 348 g/mol. The Morgan fingerprint density at radius 2 is 1.92 bits per heavy atom. The largest absolute Gasteiger partial charge is 0.393 e. The molecule has 1 saturated heterocycles. The zero-order chi connectivity index (χ0) is 17.7. The quantitative estimate of drug-likeness (QED) is 0.752. The molecule has 3 nitrogen and oxygen atoms in total. The van der Waals surface area contributed by atoms with Crippen molar-refractivity contribution in [2.75, 3.05) is 13.2 Å². The average Bonchev–Trinajstić information content (AvgIpc) is 3.18. The first kappa shape index (κ1) is 18.0. The number of ether oxygens (including phenoxy) is 2. The summed E-state index contributed by atoms with van der Waals surface area (Å²) < 4.78 is 12.1. The minimum Gasteiger partial charge on any atom is -0.393 e. The summed E-state index contributed by atoms with van der Waals surface area (Å²) in [5.74, 6) is 2.32. The highest BCUT2D eigenvalue weighted by molar-refractivity contribution is 5.25. The second-order valence-electron chi connectivity index (χ2n) is 9.39. The molecule has 1 heterocycles. The number of rotatable bonds is 3. The van der Waals surface area contributed by atoms with Crippen LogP contribution in [0.25, 0.3) is 0 Å². The molecule has 4 aliphatic rings. The van der Waals surface area contributed by atoms with Crippen LogP contribution in [0, 0.1) is 29.1 Å². The molecule has 4 unspecified atom stereocenters. The second kappa shape index (κ2) is 6.65. The Hall–Kier alpha value is -0.380. The molecule has 1 aliphatic heterocycles. The van der Waals surface area contributed by atoms with E-state index in [9.17, 15) is 5.11 Å². The van der Waals surface area contributed by atoms with Crippen LogP contribution in [-0.4, -0.2) is 30.2 Å². The molecular weight excluding hydrogens is 312 g/mol. The van der Waals surface area contributed by atoms with Gasteiger partial charge in [-0.1, -0.05) is 38.8 Å². The Kier molecular flexibility index (Phi) is 4.79. The van der Waals surface area contributed by atoms with Crippen LogP contribution in [0.2, 0.25) is 0 Å². The Labute approximate surface area is 153 Å². The van der Waals surface area contributed by atoms with Crippen LogP contribution in [0.15, 0.2) is 11.6 Å². The van der Waals surface area contributed by atoms with E-state index in [1.807, 2.05) is 0 Å². The van der Waals surface area contributed by atoms with Crippen molar-refractivity contribution < 1.29 is 14.6 Å². The maximum atomic E-state index is 10.3. The number of fused-ring (bicyclic) bond motifs is 1. The lowest BCUT2D eigenvalue weighted by atomic mass is 9.52. The molecule has 3 heteroatoms. The first-order valence-corrected chi connectivity index (χ1v) is 10.6. The number of hydrogen-bond acceptors (Lipinski definition) is 3. The van der Waals surface area contributed by atoms with Crippen LogP contribution >= 0.6 is 0 Å². The molecule has 0 aromatic heterocycles. The molecule has 0 bridgehead atoms. The van der Waals surface area contributed by atoms with Crippen molar-refractivity contribution in [1.82, 2.24) is 0 Å². The summed E-state index contributed by atoms with van der Waals surface area (Å²) in [7, 11) is 0. The lowest BCUT2D eigenvalue weighted by Crippen LogP contribution is -2.48. The molecule has 0 aromatic carbocycles. The van der Waals surface area contributed by atoms with Gasteiger partial charge in [0.25, 0.3) is 0 Å². The standard InChI is InChI=1S/C22H36O3/c1-4-5-19-18(17-8-9-20(23)15(17)2)7-6-16-14-22(24-12-13-25-22)11-10-21(16,19)3/h6,15,17-20,23H,4-5,7-14H2,1-3H3/t15?,17?,18?,19?,20-,21-/m0/s1. The predicted octanol–water partition coefficient (Wildman–Crippen LogP) is 4.69. The minimum atomic E-state index is -0.314. The molecule has 6 atom stereocenters. The molecule has 4 rings (SSSR count). The van der Waals surface area contributed by atoms with Crippen molar-refractivity contribution in [3.8, 4) is 0 Å². The van der Waals surface area contributed by atoms with Gasteiger partial charge in [-0.3, -0.25) is 0 Å². The van der Waals surface area contributed by atoms with E-state index in [2.05, 4.69) is 26.8 Å². The van der Waals surface area contributed by atoms with E-state index < -0.39 is 0 Å². The maximum absolute atomic E-state index is 10.3. The van der Waals surface area contributed by atoms with Crippen LogP contribution in [0.3, 0.4) is 0 Å². The Bertz CT molecular complexity index is 521. The van der Waals surface area contributed by atoms with Gasteiger partial charge < -0.3 is 14.6 Å². The number of allylic oxidation sites excluding steroid dienone is 1. The van der Waals surface area contributed by atoms with Crippen molar-refractivity contribution in [1.29, 1.82) is 0 Å². The molecule has 142 valence electrons. The molecule has 0 amide bonds. The fourth-order valence-electron chi connectivity index (χ4n) is 6.67. The molecule has 1 spiro atoms. The summed E-state index contributed by atoms with van der Waals surface area (Å²) in [6.45, 7) is 8.63. The van der Waals surface area contributed by atoms with Gasteiger partial charge in [-0.2, -0.15) is 0 Å². The summed E-state index contributed by atoms with van der Waals surface area (Å²) in [6.07, 6.45) is 11.6. The van der Waals surface area contributed by atoms with Gasteiger partial charge in [-0.25, -0.2) is 0 Å². The topological polar surface area (TPSA) is 38.7 Å². The van der Waals surface area contributed by atoms with E-state index >= 15 is 0 Å². The second-order valence-corrected chi connectivity index (χ2v) is 9.39. The Morgan fingerprint density at radius 1 is 1.16 bits per heavy atom. The third kappa shape index (κ3) is 2.91. The highest BCUT2D eigenvalue weighted by atomic mass is 16.7. The van der Waals surface area contributed by atoms with Crippen LogP contribution in [0.5, 0.6) is 0 Å². The number of aliphatic hydroxyl groups is 1. The Balaban J connectivity index is 1.61. The Morgan fingerprint density at radius 3 is 2.56 bits per heavy atom. The number of aliphatic hydroxyl groups excluding tert-OH is 1. The van der Waals surface area contributed by atoms with Gasteiger partial charge >= 0.3 is 0 Å². The first-order chi connectivity index (χ1) is 12.0. The van der Waals surface area contributed by atoms with Gasteiger partial charge in [0.2, 0.25) is 0 Å². The van der Waals surface area contributed by atoms with Gasteiger partial charge in [0.05, 0.1) is 19.3 Å². The van der Waals surface area contributed by atoms with Crippen molar-refractivity contribution in [2.45, 2.75) is 84.0 Å². The summed E-state index contributed by atoms with van der Waals surface area (Å²) in [5, 5.41) is 10.3. The van der Waals surface area contributed by atoms with Crippen molar-refractivity contribution in [2.24, 2.45) is 29.1 Å². The molecule has 2 saturated carbocycles. The maximum Gasteiger partial charge on any atom is 0.172 e. The first-order valence-electron chi connectivity index (χ1n) is 10.6. The van der Waals surface area contributed by atoms with Crippen molar-refractivity contribution in [3.05, 3.63) is 11.6 Å². The van der Waals surface area contributed by atoms with Gasteiger partial charge in [0.15, 0.2) is 5.79 Å². The minimum absolute atomic E-state index is 0.0830. The van der Waals surface area contributed by atoms with Crippen LogP contribution < -0.4 is 0 Å². The smallest absolute Gasteiger partial charge is 0.172 e. The molecular formula is C22H36O3. The van der Waals surface area contributed by atoms with Gasteiger partial charge in [-0.15, -0.1) is 0 Å². The zero-order valence-corrected chi connectivity index (χ0v) is 16.3. The molecule has 3 aliphatic carbocycles. The van der Waals surface area contributed by atoms with E-state index in [4.69, 9.17) is 9.47 Å². The normalized spacial score (nSPS) is 46.2. The molecule has 0 aromatic rings. The van der Waals surface area contributed by atoms with Gasteiger partial charge in [0, 0.05) is 12.8 Å². The lowest BCUT2D eigenvalue weighted by molar-refractivity contribution is -0.182. The lowest BCUT2D eigenvalue weighted by Gasteiger charge is -2.54. The van der Waals surface area contributed by atoms with Crippen LogP contribution in [0.4, 0.5) is 0 Å². The van der Waals surface area contributed by atoms with E-state index in [-0.39, 0.29) is 11.9 Å². The summed E-state index contributed by atoms with van der Waals surface area (Å²) in [5.41, 5.74) is 1.90. The SMILES string of the molecule is CCCC1C(C2CC[C@H](O)C2C)CC=C2CC3(CC[C@@]21C)OCCO3. The van der Waals surface area contributed by atoms with E-state index in [1.165, 1.54) is 32.1 Å². The third-order valence-corrected chi connectivity index (χ3v) is 8.23. The molecule has 3 fully saturated rings. The molecule has 0 radical (unpaired) electrons. The van der Waals surface area contributed by atoms with Crippen LogP contribution in [0.1, 0.15) is 72.1 Å². The van der Waals surface area contributed by atoms with Gasteiger partial charge in [0.1, 0.15) is 0 Å². The fourth-order valence-corrected chi connectivity index (χ4v) is 6.67. The molecule has 25 heavy (non-hydrogen) atoms. The van der Waals surface area contributed by atoms with E-state index in [0.717, 1.165) is 44.3 Å². The van der Waals surface area contributed by atoms with Crippen LogP contribution in [-0.2, 0) is 9.47 Å². The highest BCUT2D eigenvalue weighted by Gasteiger charge is 2.54. The molecule has 1 N–H and O–H groups in total. The predicted molar refractivity (Wildman–Crippen MR) is 99.1 cm³/mol. The summed E-state index contributed by atoms with van der Waals surface area (Å²) in [6, 6.07) is 0. The fraction of sp³-hybridized carbons (Fsp3) is 0.909. The van der Waals surface area contributed by atoms with Gasteiger partial charge in [-0.05, 0) is 61.2 Å².